The molecule has 0 radical (unpaired) electrons. The van der Waals surface area contributed by atoms with Gasteiger partial charge in [0.2, 0.25) is 5.91 Å². The first-order valence-electron chi connectivity index (χ1n) is 9.31. The smallest absolute Gasteiger partial charge is 0.226 e. The normalized spacial score (nSPS) is 34.3. The summed E-state index contributed by atoms with van der Waals surface area (Å²) in [7, 11) is 1.73. The zero-order chi connectivity index (χ0) is 19.2. The highest BCUT2D eigenvalue weighted by Gasteiger charge is 2.53. The summed E-state index contributed by atoms with van der Waals surface area (Å²) in [4.78, 5) is 20.1. The molecule has 2 aliphatic rings. The number of nitrogens with two attached hydrogens (primary N) is 1. The fourth-order valence-electron chi connectivity index (χ4n) is 5.31. The molecular weight excluding hydrogens is 346 g/mol. The molecule has 1 amide bonds. The van der Waals surface area contributed by atoms with Crippen LogP contribution in [0.1, 0.15) is 50.1 Å². The quantitative estimate of drug-likeness (QED) is 0.796. The Morgan fingerprint density at radius 3 is 2.96 bits per heavy atom. The fourth-order valence-corrected chi connectivity index (χ4v) is 6.45. The molecular formula is C20H29N3O2S. The number of rotatable bonds is 3. The van der Waals surface area contributed by atoms with E-state index in [0.29, 0.717) is 11.7 Å². The van der Waals surface area contributed by atoms with Gasteiger partial charge in [-0.2, -0.15) is 0 Å². The first-order valence-corrected chi connectivity index (χ1v) is 10.1. The number of hydrogen-bond acceptors (Lipinski definition) is 5. The molecule has 1 fully saturated rings. The van der Waals surface area contributed by atoms with E-state index in [1.54, 1.807) is 23.3 Å². The van der Waals surface area contributed by atoms with Crippen LogP contribution in [0.4, 0.5) is 5.13 Å². The Bertz CT molecular complexity index is 740. The van der Waals surface area contributed by atoms with Crippen molar-refractivity contribution in [1.82, 2.24) is 9.88 Å². The second kappa shape index (κ2) is 6.86. The highest BCUT2D eigenvalue weighted by atomic mass is 32.1. The van der Waals surface area contributed by atoms with Crippen molar-refractivity contribution in [1.29, 1.82) is 0 Å². The van der Waals surface area contributed by atoms with Crippen LogP contribution in [-0.2, 0) is 11.2 Å². The van der Waals surface area contributed by atoms with E-state index in [2.05, 4.69) is 24.8 Å². The zero-order valence-corrected chi connectivity index (χ0v) is 16.8. The van der Waals surface area contributed by atoms with Crippen molar-refractivity contribution >= 4 is 22.4 Å². The van der Waals surface area contributed by atoms with Crippen molar-refractivity contribution in [3.8, 4) is 12.3 Å². The molecule has 0 unspecified atom stereocenters. The summed E-state index contributed by atoms with van der Waals surface area (Å²) in [5, 5.41) is 11.9. The maximum atomic E-state index is 12.7. The first kappa shape index (κ1) is 19.2. The Balaban J connectivity index is 1.86. The van der Waals surface area contributed by atoms with E-state index in [9.17, 15) is 9.90 Å². The molecule has 5 nitrogen and oxygen atoms in total. The van der Waals surface area contributed by atoms with Gasteiger partial charge in [0.05, 0.1) is 18.3 Å². The van der Waals surface area contributed by atoms with Gasteiger partial charge in [0.1, 0.15) is 0 Å². The van der Waals surface area contributed by atoms with Gasteiger partial charge in [0.25, 0.3) is 0 Å². The van der Waals surface area contributed by atoms with E-state index in [4.69, 9.17) is 12.2 Å². The van der Waals surface area contributed by atoms with Gasteiger partial charge in [-0.05, 0) is 36.5 Å². The lowest BCUT2D eigenvalue weighted by atomic mass is 9.53. The predicted octanol–water partition coefficient (Wildman–Crippen LogP) is 2.51. The zero-order valence-electron chi connectivity index (χ0n) is 16.0. The maximum Gasteiger partial charge on any atom is 0.226 e. The molecule has 3 rings (SSSR count). The average molecular weight is 376 g/mol. The number of aliphatic hydroxyl groups excluding tert-OH is 1. The summed E-state index contributed by atoms with van der Waals surface area (Å²) in [6, 6.07) is 0. The lowest BCUT2D eigenvalue weighted by Gasteiger charge is -2.53. The molecule has 1 heterocycles. The van der Waals surface area contributed by atoms with Crippen LogP contribution in [0.25, 0.3) is 0 Å². The highest BCUT2D eigenvalue weighted by Crippen LogP contribution is 2.57. The lowest BCUT2D eigenvalue weighted by molar-refractivity contribution is -0.142. The van der Waals surface area contributed by atoms with E-state index in [1.165, 1.54) is 4.88 Å². The Morgan fingerprint density at radius 2 is 2.31 bits per heavy atom. The second-order valence-electron chi connectivity index (χ2n) is 8.39. The number of fused-ring (bicyclic) bond motifs is 2. The molecule has 0 spiro atoms. The summed E-state index contributed by atoms with van der Waals surface area (Å²) < 4.78 is 0. The van der Waals surface area contributed by atoms with Crippen LogP contribution in [0.5, 0.6) is 0 Å². The average Bonchev–Trinajstić information content (AvgIpc) is 2.93. The van der Waals surface area contributed by atoms with Gasteiger partial charge in [-0.1, -0.05) is 26.7 Å². The van der Waals surface area contributed by atoms with Crippen LogP contribution in [0.3, 0.4) is 0 Å². The van der Waals surface area contributed by atoms with Crippen molar-refractivity contribution < 1.29 is 9.90 Å². The second-order valence-corrected chi connectivity index (χ2v) is 9.50. The number of nitrogens with zero attached hydrogens (tertiary/aromatic N) is 2. The van der Waals surface area contributed by atoms with Crippen LogP contribution in [0, 0.1) is 35.5 Å². The highest BCUT2D eigenvalue weighted by molar-refractivity contribution is 7.15. The van der Waals surface area contributed by atoms with E-state index >= 15 is 0 Å². The molecule has 1 saturated carbocycles. The summed E-state index contributed by atoms with van der Waals surface area (Å²) in [6.45, 7) is 6.63. The van der Waals surface area contributed by atoms with Crippen LogP contribution in [0.2, 0.25) is 0 Å². The van der Waals surface area contributed by atoms with Crippen LogP contribution in [0.15, 0.2) is 0 Å². The molecule has 0 aliphatic heterocycles. The van der Waals surface area contributed by atoms with Crippen LogP contribution >= 0.6 is 11.3 Å². The summed E-state index contributed by atoms with van der Waals surface area (Å²) in [5.74, 6) is 2.45. The van der Waals surface area contributed by atoms with E-state index < -0.39 is 6.10 Å². The third kappa shape index (κ3) is 3.01. The molecule has 0 saturated heterocycles. The van der Waals surface area contributed by atoms with E-state index in [-0.39, 0.29) is 35.0 Å². The lowest BCUT2D eigenvalue weighted by Crippen LogP contribution is -2.53. The fraction of sp³-hybridized carbons (Fsp3) is 0.700. The Hall–Kier alpha value is -1.58. The molecule has 1 aromatic rings. The number of hydrogen-bond donors (Lipinski definition) is 2. The Morgan fingerprint density at radius 1 is 1.62 bits per heavy atom. The molecule has 6 atom stereocenters. The number of amides is 1. The van der Waals surface area contributed by atoms with Gasteiger partial charge in [0, 0.05) is 23.8 Å². The number of carbonyl (C=O) groups excluding carboxylic acids is 1. The predicted molar refractivity (Wildman–Crippen MR) is 105 cm³/mol. The number of terminal acetylenes is 1. The first-order chi connectivity index (χ1) is 12.2. The van der Waals surface area contributed by atoms with Crippen molar-refractivity contribution in [3.05, 3.63) is 10.6 Å². The van der Waals surface area contributed by atoms with Crippen LogP contribution in [-0.4, -0.2) is 40.6 Å². The number of thiazole rings is 1. The van der Waals surface area contributed by atoms with Crippen molar-refractivity contribution in [2.24, 2.45) is 23.2 Å². The number of carbonyl (C=O) groups is 1. The number of anilines is 1. The molecule has 1 aromatic heterocycles. The third-order valence-corrected chi connectivity index (χ3v) is 7.58. The molecule has 142 valence electrons. The van der Waals surface area contributed by atoms with Crippen molar-refractivity contribution in [2.75, 3.05) is 19.3 Å². The number of aliphatic hydroxyl groups is 1. The number of nitrogen functional groups attached to an aromatic ring is 1. The van der Waals surface area contributed by atoms with E-state index in [1.807, 2.05) is 6.92 Å². The molecule has 26 heavy (non-hydrogen) atoms. The van der Waals surface area contributed by atoms with Gasteiger partial charge in [-0.15, -0.1) is 17.8 Å². The molecule has 3 N–H and O–H groups in total. The summed E-state index contributed by atoms with van der Waals surface area (Å²) >= 11 is 1.58. The Labute approximate surface area is 160 Å². The van der Waals surface area contributed by atoms with Crippen LogP contribution < -0.4 is 5.73 Å². The topological polar surface area (TPSA) is 79.5 Å². The third-order valence-electron chi connectivity index (χ3n) is 6.68. The van der Waals surface area contributed by atoms with Crippen molar-refractivity contribution in [2.45, 2.75) is 52.1 Å². The summed E-state index contributed by atoms with van der Waals surface area (Å²) in [6.07, 6.45) is 7.56. The van der Waals surface area contributed by atoms with Gasteiger partial charge in [0.15, 0.2) is 5.13 Å². The molecule has 0 bridgehead atoms. The van der Waals surface area contributed by atoms with Gasteiger partial charge >= 0.3 is 0 Å². The standard InChI is InChI=1S/C20H29N3O2S/c1-6-9-23(5)18(25)11(2)13-7-8-20(4)10-14-16(22-19(21)26-14)12(3)15(20)17(13)24/h1,11-13,15,17,24H,7-10H2,2-5H3,(H2,21,22)/t11-,12-,13-,15+,17-,20+/m0/s1. The number of aromatic nitrogens is 1. The Kier molecular flexibility index (Phi) is 5.06. The minimum absolute atomic E-state index is 0.0117. The van der Waals surface area contributed by atoms with Gasteiger partial charge in [-0.3, -0.25) is 4.79 Å². The van der Waals surface area contributed by atoms with Gasteiger partial charge < -0.3 is 15.7 Å². The van der Waals surface area contributed by atoms with Crippen molar-refractivity contribution in [3.63, 3.8) is 0 Å². The largest absolute Gasteiger partial charge is 0.392 e. The minimum atomic E-state index is -0.530. The minimum Gasteiger partial charge on any atom is -0.392 e. The molecule has 6 heteroatoms. The van der Waals surface area contributed by atoms with E-state index in [0.717, 1.165) is 25.0 Å². The monoisotopic (exact) mass is 375 g/mol. The summed E-state index contributed by atoms with van der Waals surface area (Å²) in [5.41, 5.74) is 7.01. The molecule has 0 aromatic carbocycles. The maximum absolute atomic E-state index is 12.7. The SMILES string of the molecule is C#CCN(C)C(=O)[C@@H](C)[C@@H]1CC[C@]2(C)Cc3sc(N)nc3[C@@H](C)[C@@H]2[C@H]1O. The van der Waals surface area contributed by atoms with Gasteiger partial charge in [-0.25, -0.2) is 4.98 Å². The molecule has 2 aliphatic carbocycles.